The van der Waals surface area contributed by atoms with Crippen LogP contribution in [0.4, 0.5) is 4.39 Å². The van der Waals surface area contributed by atoms with Crippen molar-refractivity contribution in [3.05, 3.63) is 65.5 Å². The van der Waals surface area contributed by atoms with Crippen molar-refractivity contribution in [1.82, 2.24) is 5.32 Å². The fourth-order valence-electron chi connectivity index (χ4n) is 2.76. The van der Waals surface area contributed by atoms with Crippen LogP contribution in [0.2, 0.25) is 0 Å². The fraction of sp³-hybridized carbons (Fsp3) is 0.278. The van der Waals surface area contributed by atoms with Gasteiger partial charge in [-0.15, -0.1) is 0 Å². The summed E-state index contributed by atoms with van der Waals surface area (Å²) in [5, 5.41) is 2.91. The number of amides is 1. The van der Waals surface area contributed by atoms with Crippen LogP contribution in [0.25, 0.3) is 0 Å². The second-order valence-corrected chi connectivity index (χ2v) is 5.36. The topological polar surface area (TPSA) is 38.3 Å². The van der Waals surface area contributed by atoms with Crippen molar-refractivity contribution in [3.8, 4) is 5.75 Å². The zero-order chi connectivity index (χ0) is 15.4. The minimum Gasteiger partial charge on any atom is -0.493 e. The van der Waals surface area contributed by atoms with Crippen LogP contribution >= 0.6 is 0 Å². The first-order valence-electron chi connectivity index (χ1n) is 7.48. The van der Waals surface area contributed by atoms with Crippen molar-refractivity contribution in [2.45, 2.75) is 18.8 Å². The maximum Gasteiger partial charge on any atom is 0.227 e. The number of hydrogen-bond acceptors (Lipinski definition) is 2. The van der Waals surface area contributed by atoms with Gasteiger partial charge in [0, 0.05) is 12.1 Å². The molecule has 0 aliphatic carbocycles. The van der Waals surface area contributed by atoms with E-state index in [2.05, 4.69) is 5.32 Å². The number of ether oxygens (including phenoxy) is 1. The van der Waals surface area contributed by atoms with Crippen molar-refractivity contribution >= 4 is 5.91 Å². The Morgan fingerprint density at radius 1 is 1.18 bits per heavy atom. The summed E-state index contributed by atoms with van der Waals surface area (Å²) in [5.74, 6) is 0.342. The number of nitrogens with one attached hydrogen (secondary N) is 1. The van der Waals surface area contributed by atoms with Gasteiger partial charge in [0.2, 0.25) is 5.91 Å². The Bertz CT molecular complexity index is 672. The highest BCUT2D eigenvalue weighted by Gasteiger charge is 2.26. The second-order valence-electron chi connectivity index (χ2n) is 5.36. The molecule has 0 aromatic heterocycles. The molecule has 0 spiro atoms. The maximum absolute atomic E-state index is 13.5. The molecule has 1 aliphatic rings. The highest BCUT2D eigenvalue weighted by molar-refractivity contribution is 5.84. The minimum atomic E-state index is -0.229. The smallest absolute Gasteiger partial charge is 0.227 e. The van der Waals surface area contributed by atoms with E-state index in [1.807, 2.05) is 24.3 Å². The molecular weight excluding hydrogens is 281 g/mol. The van der Waals surface area contributed by atoms with Crippen molar-refractivity contribution in [2.24, 2.45) is 0 Å². The lowest BCUT2D eigenvalue weighted by Crippen LogP contribution is -2.33. The summed E-state index contributed by atoms with van der Waals surface area (Å²) in [5.41, 5.74) is 1.55. The number of hydrogen-bond donors (Lipinski definition) is 1. The number of carbonyl (C=O) groups excluding carboxylic acids is 1. The molecule has 1 atom stereocenters. The summed E-state index contributed by atoms with van der Waals surface area (Å²) in [7, 11) is 0. The van der Waals surface area contributed by atoms with Gasteiger partial charge in [0.1, 0.15) is 11.6 Å². The van der Waals surface area contributed by atoms with Gasteiger partial charge in [-0.1, -0.05) is 36.4 Å². The van der Waals surface area contributed by atoms with Gasteiger partial charge in [0.05, 0.1) is 12.5 Å². The third-order valence-corrected chi connectivity index (χ3v) is 3.93. The summed E-state index contributed by atoms with van der Waals surface area (Å²) in [6.45, 7) is 0.974. The van der Waals surface area contributed by atoms with Gasteiger partial charge in [-0.05, 0) is 30.5 Å². The monoisotopic (exact) mass is 299 g/mol. The number of benzene rings is 2. The van der Waals surface area contributed by atoms with Crippen molar-refractivity contribution in [2.75, 3.05) is 13.2 Å². The Morgan fingerprint density at radius 3 is 2.82 bits per heavy atom. The predicted molar refractivity (Wildman–Crippen MR) is 82.4 cm³/mol. The zero-order valence-electron chi connectivity index (χ0n) is 12.2. The molecule has 1 unspecified atom stereocenters. The molecule has 0 fully saturated rings. The van der Waals surface area contributed by atoms with E-state index < -0.39 is 0 Å². The molecule has 3 rings (SSSR count). The lowest BCUT2D eigenvalue weighted by Gasteiger charge is -2.25. The van der Waals surface area contributed by atoms with E-state index in [0.29, 0.717) is 31.6 Å². The van der Waals surface area contributed by atoms with E-state index in [1.165, 1.54) is 6.07 Å². The van der Waals surface area contributed by atoms with Crippen LogP contribution in [-0.4, -0.2) is 19.1 Å². The number of para-hydroxylation sites is 1. The van der Waals surface area contributed by atoms with Gasteiger partial charge >= 0.3 is 0 Å². The van der Waals surface area contributed by atoms with Gasteiger partial charge < -0.3 is 10.1 Å². The summed E-state index contributed by atoms with van der Waals surface area (Å²) in [6.07, 6.45) is 1.16. The number of fused-ring (bicyclic) bond motifs is 1. The van der Waals surface area contributed by atoms with Gasteiger partial charge in [0.25, 0.3) is 0 Å². The molecule has 1 heterocycles. The standard InChI is InChI=1S/C18H18FNO2/c19-16-7-3-1-5-13(16)9-11-20-18(21)15-10-12-22-17-8-4-2-6-14(15)17/h1-8,15H,9-12H2,(H,20,21). The van der Waals surface area contributed by atoms with Crippen LogP contribution in [0.1, 0.15) is 23.5 Å². The van der Waals surface area contributed by atoms with E-state index >= 15 is 0 Å². The minimum absolute atomic E-state index is 0.0212. The zero-order valence-corrected chi connectivity index (χ0v) is 12.2. The van der Waals surface area contributed by atoms with Crippen molar-refractivity contribution in [1.29, 1.82) is 0 Å². The Hall–Kier alpha value is -2.36. The number of halogens is 1. The maximum atomic E-state index is 13.5. The molecule has 0 saturated carbocycles. The first kappa shape index (κ1) is 14.6. The average molecular weight is 299 g/mol. The summed E-state index contributed by atoms with van der Waals surface area (Å²) in [6, 6.07) is 14.3. The van der Waals surface area contributed by atoms with E-state index in [-0.39, 0.29) is 17.6 Å². The van der Waals surface area contributed by atoms with Crippen LogP contribution < -0.4 is 10.1 Å². The highest BCUT2D eigenvalue weighted by atomic mass is 19.1. The summed E-state index contributed by atoms with van der Waals surface area (Å²) >= 11 is 0. The van der Waals surface area contributed by atoms with Gasteiger partial charge in [-0.25, -0.2) is 4.39 Å². The Balaban J connectivity index is 1.60. The highest BCUT2D eigenvalue weighted by Crippen LogP contribution is 2.33. The lowest BCUT2D eigenvalue weighted by atomic mass is 9.92. The van der Waals surface area contributed by atoms with E-state index in [1.54, 1.807) is 18.2 Å². The molecular formula is C18H18FNO2. The second kappa shape index (κ2) is 6.60. The van der Waals surface area contributed by atoms with E-state index in [4.69, 9.17) is 4.74 Å². The van der Waals surface area contributed by atoms with Crippen molar-refractivity contribution < 1.29 is 13.9 Å². The Morgan fingerprint density at radius 2 is 1.95 bits per heavy atom. The van der Waals surface area contributed by atoms with Gasteiger partial charge in [-0.2, -0.15) is 0 Å². The van der Waals surface area contributed by atoms with Crippen LogP contribution in [0.3, 0.4) is 0 Å². The van der Waals surface area contributed by atoms with Gasteiger partial charge in [0.15, 0.2) is 0 Å². The van der Waals surface area contributed by atoms with Crippen molar-refractivity contribution in [3.63, 3.8) is 0 Å². The molecule has 0 saturated heterocycles. The molecule has 3 nitrogen and oxygen atoms in total. The first-order valence-corrected chi connectivity index (χ1v) is 7.48. The third-order valence-electron chi connectivity index (χ3n) is 3.93. The first-order chi connectivity index (χ1) is 10.8. The van der Waals surface area contributed by atoms with Crippen LogP contribution in [0.5, 0.6) is 5.75 Å². The summed E-state index contributed by atoms with van der Waals surface area (Å²) < 4.78 is 19.1. The molecule has 2 aromatic rings. The SMILES string of the molecule is O=C(NCCc1ccccc1F)C1CCOc2ccccc21. The molecule has 1 N–H and O–H groups in total. The molecule has 2 aromatic carbocycles. The van der Waals surface area contributed by atoms with Crippen LogP contribution in [0, 0.1) is 5.82 Å². The quantitative estimate of drug-likeness (QED) is 0.942. The van der Waals surface area contributed by atoms with Crippen LogP contribution in [0.15, 0.2) is 48.5 Å². The largest absolute Gasteiger partial charge is 0.493 e. The molecule has 1 amide bonds. The molecule has 22 heavy (non-hydrogen) atoms. The normalized spacial score (nSPS) is 16.5. The molecule has 114 valence electrons. The summed E-state index contributed by atoms with van der Waals surface area (Å²) in [4.78, 5) is 12.4. The number of carbonyl (C=O) groups is 1. The van der Waals surface area contributed by atoms with Gasteiger partial charge in [-0.3, -0.25) is 4.79 Å². The average Bonchev–Trinajstić information content (AvgIpc) is 2.56. The molecule has 0 radical (unpaired) electrons. The lowest BCUT2D eigenvalue weighted by molar-refractivity contribution is -0.123. The van der Waals surface area contributed by atoms with E-state index in [9.17, 15) is 9.18 Å². The molecule has 1 aliphatic heterocycles. The van der Waals surface area contributed by atoms with E-state index in [0.717, 1.165) is 11.3 Å². The Kier molecular flexibility index (Phi) is 4.37. The van der Waals surface area contributed by atoms with Crippen LogP contribution in [-0.2, 0) is 11.2 Å². The molecule has 4 heteroatoms. The fourth-order valence-corrected chi connectivity index (χ4v) is 2.76. The Labute approximate surface area is 129 Å². The predicted octanol–water partition coefficient (Wildman–Crippen LogP) is 3.05. The third kappa shape index (κ3) is 3.11. The number of rotatable bonds is 4. The molecule has 0 bridgehead atoms.